The highest BCUT2D eigenvalue weighted by atomic mass is 35.5. The molecule has 1 atom stereocenters. The van der Waals surface area contributed by atoms with E-state index in [1.54, 1.807) is 36.4 Å². The number of amides is 2. The lowest BCUT2D eigenvalue weighted by molar-refractivity contribution is -0.140. The molecule has 0 saturated carbocycles. The molecule has 4 nitrogen and oxygen atoms in total. The average molecular weight is 538 g/mol. The molecule has 0 radical (unpaired) electrons. The Morgan fingerprint density at radius 2 is 1.32 bits per heavy atom. The van der Waals surface area contributed by atoms with Crippen molar-refractivity contribution in [3.63, 3.8) is 0 Å². The minimum Gasteiger partial charge on any atom is -0.355 e. The number of benzene rings is 3. The van der Waals surface area contributed by atoms with E-state index in [1.165, 1.54) is 4.90 Å². The van der Waals surface area contributed by atoms with Gasteiger partial charge >= 0.3 is 0 Å². The van der Waals surface area contributed by atoms with Crippen LogP contribution in [0.3, 0.4) is 0 Å². The summed E-state index contributed by atoms with van der Waals surface area (Å²) in [5, 5.41) is 4.44. The molecule has 0 aliphatic heterocycles. The average Bonchev–Trinajstić information content (AvgIpc) is 2.81. The van der Waals surface area contributed by atoms with Crippen molar-refractivity contribution in [3.8, 4) is 0 Å². The molecule has 178 valence electrons. The van der Waals surface area contributed by atoms with Crippen molar-refractivity contribution in [2.75, 3.05) is 6.54 Å². The monoisotopic (exact) mass is 536 g/mol. The predicted octanol–water partition coefficient (Wildman–Crippen LogP) is 6.62. The standard InChI is InChI=1S/C26H24Cl4N2O2/c1-2-31-26(34)24(14-17-8-4-3-5-9-17)32(16-19-22(29)12-7-13-23(19)30)25(33)15-18-20(27)10-6-11-21(18)28/h3-13,24H,2,14-16H2,1H3,(H,31,34)/t24-/m0/s1. The van der Waals surface area contributed by atoms with Gasteiger partial charge in [0.05, 0.1) is 6.42 Å². The quantitative estimate of drug-likeness (QED) is 0.333. The van der Waals surface area contributed by atoms with E-state index < -0.39 is 6.04 Å². The van der Waals surface area contributed by atoms with Crippen LogP contribution in [0.4, 0.5) is 0 Å². The molecule has 3 aromatic rings. The molecule has 0 saturated heterocycles. The molecule has 3 aromatic carbocycles. The molecule has 0 spiro atoms. The molecular weight excluding hydrogens is 514 g/mol. The Bertz CT molecular complexity index is 1110. The number of hydrogen-bond donors (Lipinski definition) is 1. The van der Waals surface area contributed by atoms with Crippen molar-refractivity contribution >= 4 is 58.2 Å². The minimum absolute atomic E-state index is 0.0496. The molecule has 0 aliphatic carbocycles. The Labute approximate surface area is 219 Å². The third-order valence-electron chi connectivity index (χ3n) is 5.40. The normalized spacial score (nSPS) is 11.7. The van der Waals surface area contributed by atoms with Gasteiger partial charge in [-0.3, -0.25) is 9.59 Å². The zero-order valence-corrected chi connectivity index (χ0v) is 21.6. The smallest absolute Gasteiger partial charge is 0.243 e. The summed E-state index contributed by atoms with van der Waals surface area (Å²) >= 11 is 25.5. The minimum atomic E-state index is -0.802. The first-order valence-corrected chi connectivity index (χ1v) is 12.3. The molecule has 34 heavy (non-hydrogen) atoms. The Morgan fingerprint density at radius 3 is 1.85 bits per heavy atom. The number of nitrogens with one attached hydrogen (secondary N) is 1. The van der Waals surface area contributed by atoms with Crippen LogP contribution in [0.5, 0.6) is 0 Å². The van der Waals surface area contributed by atoms with Crippen molar-refractivity contribution in [3.05, 3.63) is 104 Å². The van der Waals surface area contributed by atoms with Crippen LogP contribution < -0.4 is 5.32 Å². The van der Waals surface area contributed by atoms with E-state index in [-0.39, 0.29) is 24.8 Å². The van der Waals surface area contributed by atoms with Crippen LogP contribution in [0.2, 0.25) is 20.1 Å². The fourth-order valence-electron chi connectivity index (χ4n) is 3.65. The third-order valence-corrected chi connectivity index (χ3v) is 6.82. The molecule has 0 heterocycles. The van der Waals surface area contributed by atoms with E-state index in [9.17, 15) is 9.59 Å². The van der Waals surface area contributed by atoms with Crippen LogP contribution in [0, 0.1) is 0 Å². The molecule has 0 aliphatic rings. The molecule has 0 bridgehead atoms. The van der Waals surface area contributed by atoms with Crippen molar-refractivity contribution in [1.82, 2.24) is 10.2 Å². The first kappa shape index (κ1) is 26.4. The van der Waals surface area contributed by atoms with Gasteiger partial charge in [0.15, 0.2) is 0 Å². The fraction of sp³-hybridized carbons (Fsp3) is 0.231. The Morgan fingerprint density at radius 1 is 0.794 bits per heavy atom. The molecule has 8 heteroatoms. The first-order valence-electron chi connectivity index (χ1n) is 10.8. The summed E-state index contributed by atoms with van der Waals surface area (Å²) in [5.74, 6) is -0.591. The highest BCUT2D eigenvalue weighted by molar-refractivity contribution is 6.36. The molecule has 0 aromatic heterocycles. The van der Waals surface area contributed by atoms with E-state index in [4.69, 9.17) is 46.4 Å². The van der Waals surface area contributed by atoms with E-state index in [1.807, 2.05) is 37.3 Å². The topological polar surface area (TPSA) is 49.4 Å². The maximum Gasteiger partial charge on any atom is 0.243 e. The number of carbonyl (C=O) groups excluding carboxylic acids is 2. The number of carbonyl (C=O) groups is 2. The third kappa shape index (κ3) is 6.67. The first-order chi connectivity index (χ1) is 16.3. The van der Waals surface area contributed by atoms with Crippen LogP contribution in [0.25, 0.3) is 0 Å². The van der Waals surface area contributed by atoms with E-state index >= 15 is 0 Å². The van der Waals surface area contributed by atoms with Gasteiger partial charge in [0, 0.05) is 45.2 Å². The fourth-order valence-corrected chi connectivity index (χ4v) is 4.70. The summed E-state index contributed by atoms with van der Waals surface area (Å²) in [7, 11) is 0. The Kier molecular flexibility index (Phi) is 9.66. The van der Waals surface area contributed by atoms with Crippen LogP contribution in [0.15, 0.2) is 66.7 Å². The molecule has 0 fully saturated rings. The van der Waals surface area contributed by atoms with Gasteiger partial charge < -0.3 is 10.2 Å². The molecular formula is C26H24Cl4N2O2. The van der Waals surface area contributed by atoms with E-state index in [0.717, 1.165) is 5.56 Å². The number of rotatable bonds is 9. The number of hydrogen-bond acceptors (Lipinski definition) is 2. The van der Waals surface area contributed by atoms with Gasteiger partial charge in [-0.05, 0) is 42.3 Å². The van der Waals surface area contributed by atoms with E-state index in [2.05, 4.69) is 5.32 Å². The zero-order valence-electron chi connectivity index (χ0n) is 18.5. The number of halogens is 4. The van der Waals surface area contributed by atoms with Gasteiger partial charge in [-0.15, -0.1) is 0 Å². The lowest BCUT2D eigenvalue weighted by atomic mass is 10.0. The maximum atomic E-state index is 13.7. The summed E-state index contributed by atoms with van der Waals surface area (Å²) in [6, 6.07) is 18.9. The lowest BCUT2D eigenvalue weighted by Gasteiger charge is -2.32. The Balaban J connectivity index is 2.04. The summed E-state index contributed by atoms with van der Waals surface area (Å²) in [4.78, 5) is 28.4. The summed E-state index contributed by atoms with van der Waals surface area (Å²) in [5.41, 5.74) is 1.98. The van der Waals surface area contributed by atoms with Gasteiger partial charge in [-0.2, -0.15) is 0 Å². The van der Waals surface area contributed by atoms with Gasteiger partial charge in [0.25, 0.3) is 0 Å². The maximum absolute atomic E-state index is 13.7. The largest absolute Gasteiger partial charge is 0.355 e. The summed E-state index contributed by atoms with van der Waals surface area (Å²) in [6.07, 6.45) is 0.238. The van der Waals surface area contributed by atoms with Gasteiger partial charge in [-0.25, -0.2) is 0 Å². The lowest BCUT2D eigenvalue weighted by Crippen LogP contribution is -2.51. The van der Waals surface area contributed by atoms with Crippen molar-refractivity contribution in [2.45, 2.75) is 32.4 Å². The highest BCUT2D eigenvalue weighted by Gasteiger charge is 2.31. The predicted molar refractivity (Wildman–Crippen MR) is 140 cm³/mol. The zero-order chi connectivity index (χ0) is 24.7. The molecule has 1 N–H and O–H groups in total. The summed E-state index contributed by atoms with van der Waals surface area (Å²) in [6.45, 7) is 2.31. The Hall–Kier alpha value is -2.24. The van der Waals surface area contributed by atoms with Crippen molar-refractivity contribution in [2.24, 2.45) is 0 Å². The van der Waals surface area contributed by atoms with Crippen molar-refractivity contribution < 1.29 is 9.59 Å². The van der Waals surface area contributed by atoms with Crippen LogP contribution in [-0.4, -0.2) is 29.3 Å². The van der Waals surface area contributed by atoms with Gasteiger partial charge in [-0.1, -0.05) is 88.9 Å². The molecule has 2 amide bonds. The number of likely N-dealkylation sites (N-methyl/N-ethyl adjacent to an activating group) is 1. The van der Waals surface area contributed by atoms with Crippen LogP contribution in [-0.2, 0) is 29.0 Å². The van der Waals surface area contributed by atoms with Crippen LogP contribution >= 0.6 is 46.4 Å². The number of nitrogens with zero attached hydrogens (tertiary/aromatic N) is 1. The van der Waals surface area contributed by atoms with Gasteiger partial charge in [0.2, 0.25) is 11.8 Å². The highest BCUT2D eigenvalue weighted by Crippen LogP contribution is 2.29. The van der Waals surface area contributed by atoms with Gasteiger partial charge in [0.1, 0.15) is 6.04 Å². The molecule has 3 rings (SSSR count). The SMILES string of the molecule is CCNC(=O)[C@H](Cc1ccccc1)N(Cc1c(Cl)cccc1Cl)C(=O)Cc1c(Cl)cccc1Cl. The van der Waals surface area contributed by atoms with Crippen LogP contribution in [0.1, 0.15) is 23.6 Å². The van der Waals surface area contributed by atoms with Crippen molar-refractivity contribution in [1.29, 1.82) is 0 Å². The second-order valence-corrected chi connectivity index (χ2v) is 9.33. The van der Waals surface area contributed by atoms with E-state index in [0.29, 0.717) is 44.2 Å². The molecule has 0 unspecified atom stereocenters. The second-order valence-electron chi connectivity index (χ2n) is 7.70. The summed E-state index contributed by atoms with van der Waals surface area (Å²) < 4.78 is 0. The second kappa shape index (κ2) is 12.5.